The van der Waals surface area contributed by atoms with Crippen molar-refractivity contribution in [2.24, 2.45) is 0 Å². The van der Waals surface area contributed by atoms with Gasteiger partial charge in [0.15, 0.2) is 0 Å². The van der Waals surface area contributed by atoms with Gasteiger partial charge in [-0.2, -0.15) is 9.49 Å². The molecule has 0 aliphatic carbocycles. The number of benzene rings is 1. The second-order valence-corrected chi connectivity index (χ2v) is 3.44. The lowest BCUT2D eigenvalue weighted by atomic mass is 10.1. The first-order valence-corrected chi connectivity index (χ1v) is 4.81. The summed E-state index contributed by atoms with van der Waals surface area (Å²) in [5.74, 6) is -0.467. The molecule has 4 heteroatoms. The number of aromatic nitrogens is 3. The highest BCUT2D eigenvalue weighted by atomic mass is 19.1. The molecule has 1 radical (unpaired) electrons. The van der Waals surface area contributed by atoms with Crippen LogP contribution in [0.3, 0.4) is 0 Å². The fourth-order valence-corrected chi connectivity index (χ4v) is 1.65. The second kappa shape index (κ2) is 3.41. The zero-order valence-electron chi connectivity index (χ0n) is 8.24. The van der Waals surface area contributed by atoms with Crippen molar-refractivity contribution in [1.29, 1.82) is 0 Å². The molecule has 16 heavy (non-hydrogen) atoms. The number of rotatable bonds is 1. The zero-order chi connectivity index (χ0) is 11.0. The van der Waals surface area contributed by atoms with E-state index < -0.39 is 5.95 Å². The fourth-order valence-electron chi connectivity index (χ4n) is 1.65. The van der Waals surface area contributed by atoms with Gasteiger partial charge < -0.3 is 0 Å². The van der Waals surface area contributed by atoms with E-state index in [4.69, 9.17) is 0 Å². The van der Waals surface area contributed by atoms with Gasteiger partial charge in [0, 0.05) is 17.1 Å². The van der Waals surface area contributed by atoms with Crippen molar-refractivity contribution < 1.29 is 4.39 Å². The van der Waals surface area contributed by atoms with Crippen LogP contribution in [0.2, 0.25) is 0 Å². The van der Waals surface area contributed by atoms with E-state index in [9.17, 15) is 4.39 Å². The Hall–Kier alpha value is -2.23. The highest BCUT2D eigenvalue weighted by Crippen LogP contribution is 2.24. The molecule has 0 aliphatic rings. The number of H-pyrrole nitrogens is 1. The van der Waals surface area contributed by atoms with Crippen LogP contribution < -0.4 is 0 Å². The maximum Gasteiger partial charge on any atom is 0.220 e. The summed E-state index contributed by atoms with van der Waals surface area (Å²) < 4.78 is 13.5. The molecule has 2 aromatic heterocycles. The summed E-state index contributed by atoms with van der Waals surface area (Å²) in [7, 11) is 0. The van der Waals surface area contributed by atoms with Gasteiger partial charge in [0.25, 0.3) is 0 Å². The van der Waals surface area contributed by atoms with Gasteiger partial charge in [-0.05, 0) is 29.8 Å². The van der Waals surface area contributed by atoms with Crippen LogP contribution >= 0.6 is 0 Å². The number of nitrogens with one attached hydrogen (secondary N) is 1. The third-order valence-corrected chi connectivity index (χ3v) is 2.44. The second-order valence-electron chi connectivity index (χ2n) is 3.44. The van der Waals surface area contributed by atoms with Crippen LogP contribution in [0.15, 0.2) is 36.5 Å². The number of halogens is 1. The van der Waals surface area contributed by atoms with Crippen LogP contribution in [0.5, 0.6) is 0 Å². The van der Waals surface area contributed by atoms with Crippen molar-refractivity contribution in [3.05, 3.63) is 48.7 Å². The molecule has 0 bridgehead atoms. The predicted octanol–water partition coefficient (Wildman–Crippen LogP) is 2.56. The third kappa shape index (κ3) is 1.35. The van der Waals surface area contributed by atoms with E-state index in [0.717, 1.165) is 16.5 Å². The Morgan fingerprint density at radius 3 is 3.06 bits per heavy atom. The van der Waals surface area contributed by atoms with Crippen LogP contribution in [0.1, 0.15) is 0 Å². The lowest BCUT2D eigenvalue weighted by Gasteiger charge is -2.01. The van der Waals surface area contributed by atoms with Crippen LogP contribution in [-0.2, 0) is 0 Å². The van der Waals surface area contributed by atoms with E-state index in [2.05, 4.69) is 21.4 Å². The molecule has 3 nitrogen and oxygen atoms in total. The van der Waals surface area contributed by atoms with Crippen molar-refractivity contribution >= 4 is 10.9 Å². The number of aromatic amines is 1. The summed E-state index contributed by atoms with van der Waals surface area (Å²) in [6.07, 6.45) is 4.23. The Morgan fingerprint density at radius 1 is 1.25 bits per heavy atom. The van der Waals surface area contributed by atoms with Gasteiger partial charge in [0.2, 0.25) is 5.95 Å². The average molecular weight is 212 g/mol. The number of nitrogens with zero attached hydrogens (tertiary/aromatic N) is 2. The average Bonchev–Trinajstić information content (AvgIpc) is 2.76. The molecular weight excluding hydrogens is 205 g/mol. The van der Waals surface area contributed by atoms with E-state index >= 15 is 0 Å². The normalized spacial score (nSPS) is 10.8. The molecule has 0 amide bonds. The molecular formula is C12H7FN3. The van der Waals surface area contributed by atoms with Gasteiger partial charge in [0.1, 0.15) is 6.20 Å². The van der Waals surface area contributed by atoms with Crippen molar-refractivity contribution in [1.82, 2.24) is 15.2 Å². The fraction of sp³-hybridized carbons (Fsp3) is 0. The summed E-state index contributed by atoms with van der Waals surface area (Å²) in [5, 5.41) is 7.43. The smallest absolute Gasteiger partial charge is 0.220 e. The highest BCUT2D eigenvalue weighted by molar-refractivity contribution is 5.83. The van der Waals surface area contributed by atoms with Crippen LogP contribution in [0.4, 0.5) is 4.39 Å². The van der Waals surface area contributed by atoms with Gasteiger partial charge in [-0.15, -0.1) is 0 Å². The first kappa shape index (κ1) is 9.03. The van der Waals surface area contributed by atoms with Crippen molar-refractivity contribution in [2.75, 3.05) is 0 Å². The summed E-state index contributed by atoms with van der Waals surface area (Å²) in [4.78, 5) is 3.62. The molecule has 2 heterocycles. The molecule has 1 N–H and O–H groups in total. The van der Waals surface area contributed by atoms with Crippen molar-refractivity contribution in [3.8, 4) is 11.1 Å². The van der Waals surface area contributed by atoms with Crippen LogP contribution in [-0.4, -0.2) is 15.2 Å². The summed E-state index contributed by atoms with van der Waals surface area (Å²) in [6.45, 7) is 0. The van der Waals surface area contributed by atoms with Crippen LogP contribution in [0, 0.1) is 12.1 Å². The number of hydrogen-bond acceptors (Lipinski definition) is 2. The van der Waals surface area contributed by atoms with Gasteiger partial charge in [0.05, 0.1) is 5.52 Å². The van der Waals surface area contributed by atoms with Gasteiger partial charge in [-0.1, -0.05) is 6.07 Å². The molecule has 0 unspecified atom stereocenters. The molecule has 0 saturated carbocycles. The Bertz CT molecular complexity index is 645. The molecule has 77 valence electrons. The molecule has 1 aromatic carbocycles. The van der Waals surface area contributed by atoms with Crippen LogP contribution in [0.25, 0.3) is 22.0 Å². The summed E-state index contributed by atoms with van der Waals surface area (Å²) in [5.41, 5.74) is 2.14. The quantitative estimate of drug-likeness (QED) is 0.630. The van der Waals surface area contributed by atoms with Crippen molar-refractivity contribution in [2.45, 2.75) is 0 Å². The molecule has 0 spiro atoms. The SMILES string of the molecule is Fc1ncccc1-c1ccc2[nH]n[c]c2c1. The lowest BCUT2D eigenvalue weighted by molar-refractivity contribution is 0.587. The number of pyridine rings is 1. The Balaban J connectivity index is 2.22. The van der Waals surface area contributed by atoms with E-state index in [1.807, 2.05) is 18.2 Å². The molecule has 3 rings (SSSR count). The molecule has 0 atom stereocenters. The number of fused-ring (bicyclic) bond motifs is 1. The standard InChI is InChI=1S/C12H7FN3/c13-12-10(2-1-5-14-12)8-3-4-11-9(6-8)7-15-16-11/h1-6H,(H,15,16). The molecule has 0 aliphatic heterocycles. The summed E-state index contributed by atoms with van der Waals surface area (Å²) in [6, 6.07) is 8.92. The third-order valence-electron chi connectivity index (χ3n) is 2.44. The zero-order valence-corrected chi connectivity index (χ0v) is 8.24. The minimum atomic E-state index is -0.467. The molecule has 0 fully saturated rings. The Labute approximate surface area is 91.0 Å². The molecule has 3 aromatic rings. The number of hydrogen-bond donors (Lipinski definition) is 1. The molecule has 0 saturated heterocycles. The summed E-state index contributed by atoms with van der Waals surface area (Å²) >= 11 is 0. The van der Waals surface area contributed by atoms with Gasteiger partial charge in [-0.3, -0.25) is 5.10 Å². The first-order chi connectivity index (χ1) is 7.84. The minimum Gasteiger partial charge on any atom is -0.277 e. The minimum absolute atomic E-state index is 0.467. The predicted molar refractivity (Wildman–Crippen MR) is 58.1 cm³/mol. The van der Waals surface area contributed by atoms with E-state index in [1.54, 1.807) is 12.1 Å². The van der Waals surface area contributed by atoms with Gasteiger partial charge in [-0.25, -0.2) is 4.98 Å². The van der Waals surface area contributed by atoms with Gasteiger partial charge >= 0.3 is 0 Å². The largest absolute Gasteiger partial charge is 0.277 e. The monoisotopic (exact) mass is 212 g/mol. The lowest BCUT2D eigenvalue weighted by Crippen LogP contribution is -1.87. The Kier molecular flexibility index (Phi) is 1.93. The first-order valence-electron chi connectivity index (χ1n) is 4.81. The maximum absolute atomic E-state index is 13.5. The Morgan fingerprint density at radius 2 is 2.19 bits per heavy atom. The van der Waals surface area contributed by atoms with Crippen molar-refractivity contribution in [3.63, 3.8) is 0 Å². The maximum atomic E-state index is 13.5. The van der Waals surface area contributed by atoms with E-state index in [1.165, 1.54) is 6.20 Å². The van der Waals surface area contributed by atoms with E-state index in [0.29, 0.717) is 5.56 Å². The van der Waals surface area contributed by atoms with E-state index in [-0.39, 0.29) is 0 Å². The highest BCUT2D eigenvalue weighted by Gasteiger charge is 2.06. The topological polar surface area (TPSA) is 41.6 Å².